The van der Waals surface area contributed by atoms with E-state index in [1.165, 1.54) is 24.3 Å². The van der Waals surface area contributed by atoms with Gasteiger partial charge in [-0.05, 0) is 42.8 Å². The Morgan fingerprint density at radius 1 is 1.15 bits per heavy atom. The molecule has 0 saturated carbocycles. The summed E-state index contributed by atoms with van der Waals surface area (Å²) in [6.07, 6.45) is 0. The molecule has 2 aromatic carbocycles. The predicted molar refractivity (Wildman–Crippen MR) is 77.4 cm³/mol. The maximum absolute atomic E-state index is 13.5. The lowest BCUT2D eigenvalue weighted by Crippen LogP contribution is -2.12. The molecule has 2 aromatic rings. The maximum Gasteiger partial charge on any atom is 0.200 e. The van der Waals surface area contributed by atoms with Crippen LogP contribution in [0.5, 0.6) is 5.75 Å². The van der Waals surface area contributed by atoms with E-state index < -0.39 is 5.82 Å². The Balaban J connectivity index is 2.08. The van der Waals surface area contributed by atoms with Gasteiger partial charge in [0.15, 0.2) is 24.0 Å². The fourth-order valence-corrected chi connectivity index (χ4v) is 1.92. The van der Waals surface area contributed by atoms with E-state index in [4.69, 9.17) is 27.9 Å². The van der Waals surface area contributed by atoms with Crippen LogP contribution in [0, 0.1) is 12.7 Å². The summed E-state index contributed by atoms with van der Waals surface area (Å²) in [6.45, 7) is 1.55. The highest BCUT2D eigenvalue weighted by molar-refractivity contribution is 6.42. The lowest BCUT2D eigenvalue weighted by molar-refractivity contribution is 0.0918. The van der Waals surface area contributed by atoms with Crippen molar-refractivity contribution in [2.45, 2.75) is 6.92 Å². The Morgan fingerprint density at radius 3 is 2.60 bits per heavy atom. The molecule has 0 bridgehead atoms. The summed E-state index contributed by atoms with van der Waals surface area (Å²) in [7, 11) is 0. The Bertz CT molecular complexity index is 656. The third-order valence-corrected chi connectivity index (χ3v) is 3.43. The minimum atomic E-state index is -0.502. The van der Waals surface area contributed by atoms with Crippen LogP contribution in [0.4, 0.5) is 4.39 Å². The molecule has 0 aliphatic heterocycles. The van der Waals surface area contributed by atoms with Crippen molar-refractivity contribution in [3.8, 4) is 5.75 Å². The summed E-state index contributed by atoms with van der Waals surface area (Å²) in [5.74, 6) is -0.750. The summed E-state index contributed by atoms with van der Waals surface area (Å²) in [4.78, 5) is 11.9. The van der Waals surface area contributed by atoms with E-state index in [9.17, 15) is 9.18 Å². The van der Waals surface area contributed by atoms with E-state index in [2.05, 4.69) is 0 Å². The summed E-state index contributed by atoms with van der Waals surface area (Å²) in [6, 6.07) is 9.01. The molecule has 0 N–H and O–H groups in total. The second-order valence-electron chi connectivity index (χ2n) is 4.27. The van der Waals surface area contributed by atoms with Crippen molar-refractivity contribution in [2.75, 3.05) is 6.61 Å². The van der Waals surface area contributed by atoms with Gasteiger partial charge in [0.25, 0.3) is 0 Å². The van der Waals surface area contributed by atoms with Gasteiger partial charge in [0.1, 0.15) is 0 Å². The molecule has 2 rings (SSSR count). The first-order chi connectivity index (χ1) is 9.47. The smallest absolute Gasteiger partial charge is 0.200 e. The molecule has 0 saturated heterocycles. The largest absolute Gasteiger partial charge is 0.482 e. The Hall–Kier alpha value is -1.58. The average molecular weight is 313 g/mol. The van der Waals surface area contributed by atoms with Gasteiger partial charge < -0.3 is 4.74 Å². The van der Waals surface area contributed by atoms with Gasteiger partial charge in [0.2, 0.25) is 0 Å². The number of ketones is 1. The summed E-state index contributed by atoms with van der Waals surface area (Å²) < 4.78 is 18.7. The number of Topliss-reactive ketones (excluding diaryl/α,β-unsaturated/α-hetero) is 1. The van der Waals surface area contributed by atoms with Crippen molar-refractivity contribution in [1.82, 2.24) is 0 Å². The number of carbonyl (C=O) groups is 1. The van der Waals surface area contributed by atoms with Crippen molar-refractivity contribution >= 4 is 29.0 Å². The number of halogens is 3. The van der Waals surface area contributed by atoms with Crippen molar-refractivity contribution in [3.05, 3.63) is 63.4 Å². The molecule has 0 radical (unpaired) electrons. The second kappa shape index (κ2) is 6.25. The van der Waals surface area contributed by atoms with Crippen LogP contribution < -0.4 is 4.74 Å². The molecular formula is C15H11Cl2FO2. The molecule has 0 amide bonds. The molecule has 2 nitrogen and oxygen atoms in total. The van der Waals surface area contributed by atoms with Crippen molar-refractivity contribution in [2.24, 2.45) is 0 Å². The number of benzene rings is 2. The molecule has 104 valence electrons. The number of ether oxygens (including phenoxy) is 1. The van der Waals surface area contributed by atoms with E-state index in [1.54, 1.807) is 12.1 Å². The van der Waals surface area contributed by atoms with Crippen LogP contribution in [0.2, 0.25) is 10.0 Å². The minimum absolute atomic E-state index is 0.0541. The average Bonchev–Trinajstić information content (AvgIpc) is 2.42. The highest BCUT2D eigenvalue weighted by Crippen LogP contribution is 2.23. The van der Waals surface area contributed by atoms with Crippen LogP contribution in [0.3, 0.4) is 0 Å². The van der Waals surface area contributed by atoms with Crippen LogP contribution in [0.25, 0.3) is 0 Å². The molecule has 0 aromatic heterocycles. The highest BCUT2D eigenvalue weighted by Gasteiger charge is 2.11. The van der Waals surface area contributed by atoms with Crippen molar-refractivity contribution in [1.29, 1.82) is 0 Å². The third-order valence-electron chi connectivity index (χ3n) is 2.69. The van der Waals surface area contributed by atoms with Crippen LogP contribution in [-0.4, -0.2) is 12.4 Å². The van der Waals surface area contributed by atoms with Crippen molar-refractivity contribution < 1.29 is 13.9 Å². The zero-order valence-electron chi connectivity index (χ0n) is 10.6. The molecule has 5 heteroatoms. The highest BCUT2D eigenvalue weighted by atomic mass is 35.5. The van der Waals surface area contributed by atoms with E-state index >= 15 is 0 Å². The zero-order chi connectivity index (χ0) is 14.7. The normalized spacial score (nSPS) is 10.4. The van der Waals surface area contributed by atoms with Gasteiger partial charge in [-0.3, -0.25) is 4.79 Å². The molecular weight excluding hydrogens is 302 g/mol. The topological polar surface area (TPSA) is 26.3 Å². The quantitative estimate of drug-likeness (QED) is 0.765. The van der Waals surface area contributed by atoms with Crippen molar-refractivity contribution in [3.63, 3.8) is 0 Å². The predicted octanol–water partition coefficient (Wildman–Crippen LogP) is 4.70. The van der Waals surface area contributed by atoms with Crippen LogP contribution in [0.15, 0.2) is 36.4 Å². The van der Waals surface area contributed by atoms with E-state index in [-0.39, 0.29) is 18.1 Å². The second-order valence-corrected chi connectivity index (χ2v) is 5.09. The number of aryl methyl sites for hydroxylation is 1. The lowest BCUT2D eigenvalue weighted by Gasteiger charge is -2.08. The Labute approximate surface area is 126 Å². The summed E-state index contributed by atoms with van der Waals surface area (Å²) >= 11 is 11.6. The Kier molecular flexibility index (Phi) is 4.63. The SMILES string of the molecule is Cc1ccc(F)c(OCC(=O)c2ccc(Cl)c(Cl)c2)c1. The standard InChI is InChI=1S/C15H11Cl2FO2/c1-9-2-5-13(18)15(6-9)20-8-14(19)10-3-4-11(16)12(17)7-10/h2-7H,8H2,1H3. The summed E-state index contributed by atoms with van der Waals surface area (Å²) in [5.41, 5.74) is 1.22. The maximum atomic E-state index is 13.5. The van der Waals surface area contributed by atoms with Gasteiger partial charge in [0.05, 0.1) is 10.0 Å². The molecule has 0 aliphatic carbocycles. The first-order valence-corrected chi connectivity index (χ1v) is 6.60. The lowest BCUT2D eigenvalue weighted by atomic mass is 10.1. The van der Waals surface area contributed by atoms with Gasteiger partial charge in [-0.15, -0.1) is 0 Å². The molecule has 0 aliphatic rings. The van der Waals surface area contributed by atoms with Gasteiger partial charge in [-0.25, -0.2) is 4.39 Å². The monoisotopic (exact) mass is 312 g/mol. The zero-order valence-corrected chi connectivity index (χ0v) is 12.1. The fourth-order valence-electron chi connectivity index (χ4n) is 1.62. The van der Waals surface area contributed by atoms with Gasteiger partial charge in [-0.1, -0.05) is 29.3 Å². The van der Waals surface area contributed by atoms with Crippen LogP contribution in [-0.2, 0) is 0 Å². The van der Waals surface area contributed by atoms with Gasteiger partial charge in [0, 0.05) is 5.56 Å². The molecule has 0 heterocycles. The Morgan fingerprint density at radius 2 is 1.90 bits per heavy atom. The summed E-state index contributed by atoms with van der Waals surface area (Å²) in [5, 5.41) is 0.660. The van der Waals surface area contributed by atoms with E-state index in [1.807, 2.05) is 6.92 Å². The van der Waals surface area contributed by atoms with E-state index in [0.717, 1.165) is 5.56 Å². The molecule has 20 heavy (non-hydrogen) atoms. The molecule has 0 unspecified atom stereocenters. The van der Waals surface area contributed by atoms with Gasteiger partial charge >= 0.3 is 0 Å². The number of hydrogen-bond acceptors (Lipinski definition) is 2. The van der Waals surface area contributed by atoms with E-state index in [0.29, 0.717) is 15.6 Å². The molecule has 0 spiro atoms. The third kappa shape index (κ3) is 3.50. The number of carbonyl (C=O) groups excluding carboxylic acids is 1. The fraction of sp³-hybridized carbons (Fsp3) is 0.133. The number of rotatable bonds is 4. The first kappa shape index (κ1) is 14.8. The van der Waals surface area contributed by atoms with Gasteiger partial charge in [-0.2, -0.15) is 0 Å². The van der Waals surface area contributed by atoms with Crippen LogP contribution >= 0.6 is 23.2 Å². The molecule has 0 fully saturated rings. The minimum Gasteiger partial charge on any atom is -0.482 e. The number of hydrogen-bond donors (Lipinski definition) is 0. The molecule has 0 atom stereocenters. The van der Waals surface area contributed by atoms with Crippen LogP contribution in [0.1, 0.15) is 15.9 Å². The first-order valence-electron chi connectivity index (χ1n) is 5.84.